The van der Waals surface area contributed by atoms with E-state index < -0.39 is 0 Å². The zero-order valence-electron chi connectivity index (χ0n) is 11.4. The molecule has 1 amide bonds. The Morgan fingerprint density at radius 3 is 3.10 bits per heavy atom. The Balaban J connectivity index is 1.55. The van der Waals surface area contributed by atoms with Gasteiger partial charge in [0.05, 0.1) is 11.8 Å². The van der Waals surface area contributed by atoms with Crippen LogP contribution in [0.3, 0.4) is 0 Å². The zero-order valence-corrected chi connectivity index (χ0v) is 11.4. The van der Waals surface area contributed by atoms with Crippen LogP contribution in [0.4, 0.5) is 5.69 Å². The van der Waals surface area contributed by atoms with Crippen LogP contribution in [0.5, 0.6) is 5.75 Å². The summed E-state index contributed by atoms with van der Waals surface area (Å²) in [7, 11) is 0. The van der Waals surface area contributed by atoms with Gasteiger partial charge in [-0.1, -0.05) is 12.5 Å². The molecule has 1 heterocycles. The lowest BCUT2D eigenvalue weighted by Gasteiger charge is -2.19. The van der Waals surface area contributed by atoms with Gasteiger partial charge in [0.1, 0.15) is 5.75 Å². The maximum atomic E-state index is 11.3. The number of amides is 1. The molecule has 1 fully saturated rings. The van der Waals surface area contributed by atoms with Crippen molar-refractivity contribution in [2.24, 2.45) is 5.92 Å². The van der Waals surface area contributed by atoms with E-state index in [-0.39, 0.29) is 18.6 Å². The van der Waals surface area contributed by atoms with E-state index in [2.05, 4.69) is 10.6 Å². The molecule has 20 heavy (non-hydrogen) atoms. The Bertz CT molecular complexity index is 504. The molecule has 2 aliphatic rings. The van der Waals surface area contributed by atoms with Gasteiger partial charge in [-0.3, -0.25) is 4.79 Å². The number of anilines is 1. The molecule has 1 aromatic rings. The van der Waals surface area contributed by atoms with Crippen LogP contribution < -0.4 is 15.4 Å². The van der Waals surface area contributed by atoms with Gasteiger partial charge in [-0.25, -0.2) is 0 Å². The Hall–Kier alpha value is -1.59. The van der Waals surface area contributed by atoms with E-state index in [0.717, 1.165) is 49.4 Å². The van der Waals surface area contributed by atoms with Crippen molar-refractivity contribution in [2.75, 3.05) is 18.5 Å². The molecule has 1 aliphatic heterocycles. The van der Waals surface area contributed by atoms with Gasteiger partial charge in [-0.2, -0.15) is 0 Å². The molecule has 108 valence electrons. The highest BCUT2D eigenvalue weighted by Crippen LogP contribution is 2.28. The smallest absolute Gasteiger partial charge is 0.262 e. The summed E-state index contributed by atoms with van der Waals surface area (Å²) in [5.41, 5.74) is 1.84. The minimum absolute atomic E-state index is 0.0875. The van der Waals surface area contributed by atoms with Gasteiger partial charge in [0.25, 0.3) is 5.91 Å². The van der Waals surface area contributed by atoms with Crippen LogP contribution in [0.2, 0.25) is 0 Å². The highest BCUT2D eigenvalue weighted by Gasteiger charge is 2.24. The quantitative estimate of drug-likeness (QED) is 0.774. The van der Waals surface area contributed by atoms with Crippen LogP contribution in [0, 0.1) is 5.92 Å². The fourth-order valence-electron chi connectivity index (χ4n) is 2.90. The highest BCUT2D eigenvalue weighted by atomic mass is 16.5. The number of carbonyl (C=O) groups is 1. The van der Waals surface area contributed by atoms with Gasteiger partial charge >= 0.3 is 0 Å². The number of ether oxygens (including phenoxy) is 1. The standard InChI is InChI=1S/C15H20N2O3/c18-13-3-1-2-11(13)8-16-7-10-4-5-14-12(6-10)17-15(19)9-20-14/h4-6,11,13,16,18H,1-3,7-9H2,(H,17,19). The molecule has 0 radical (unpaired) electrons. The average molecular weight is 276 g/mol. The third-order valence-corrected chi connectivity index (χ3v) is 4.03. The summed E-state index contributed by atoms with van der Waals surface area (Å²) in [6.07, 6.45) is 2.99. The van der Waals surface area contributed by atoms with Crippen molar-refractivity contribution in [1.82, 2.24) is 5.32 Å². The molecule has 1 saturated carbocycles. The summed E-state index contributed by atoms with van der Waals surface area (Å²) in [4.78, 5) is 11.3. The summed E-state index contributed by atoms with van der Waals surface area (Å²) >= 11 is 0. The van der Waals surface area contributed by atoms with Gasteiger partial charge in [-0.05, 0) is 36.5 Å². The van der Waals surface area contributed by atoms with E-state index >= 15 is 0 Å². The Morgan fingerprint density at radius 1 is 1.40 bits per heavy atom. The van der Waals surface area contributed by atoms with Gasteiger partial charge in [-0.15, -0.1) is 0 Å². The lowest BCUT2D eigenvalue weighted by Crippen LogP contribution is -2.28. The zero-order chi connectivity index (χ0) is 13.9. The predicted octanol–water partition coefficient (Wildman–Crippen LogP) is 1.27. The van der Waals surface area contributed by atoms with E-state index in [1.807, 2.05) is 18.2 Å². The summed E-state index contributed by atoms with van der Waals surface area (Å²) in [5, 5.41) is 16.0. The Labute approximate surface area is 118 Å². The van der Waals surface area contributed by atoms with Crippen molar-refractivity contribution in [1.29, 1.82) is 0 Å². The van der Waals surface area contributed by atoms with Gasteiger partial charge < -0.3 is 20.5 Å². The summed E-state index contributed by atoms with van der Waals surface area (Å²) < 4.78 is 5.33. The number of benzene rings is 1. The molecule has 0 aromatic heterocycles. The lowest BCUT2D eigenvalue weighted by molar-refractivity contribution is -0.118. The number of rotatable bonds is 4. The minimum atomic E-state index is -0.154. The first-order valence-corrected chi connectivity index (χ1v) is 7.17. The third-order valence-electron chi connectivity index (χ3n) is 4.03. The van der Waals surface area contributed by atoms with Crippen LogP contribution in [-0.4, -0.2) is 30.3 Å². The second-order valence-electron chi connectivity index (χ2n) is 5.56. The molecular formula is C15H20N2O3. The fraction of sp³-hybridized carbons (Fsp3) is 0.533. The van der Waals surface area contributed by atoms with E-state index in [1.165, 1.54) is 0 Å². The van der Waals surface area contributed by atoms with Crippen molar-refractivity contribution in [3.63, 3.8) is 0 Å². The lowest BCUT2D eigenvalue weighted by atomic mass is 10.1. The average Bonchev–Trinajstić information content (AvgIpc) is 2.84. The van der Waals surface area contributed by atoms with Crippen molar-refractivity contribution in [3.05, 3.63) is 23.8 Å². The fourth-order valence-corrected chi connectivity index (χ4v) is 2.90. The predicted molar refractivity (Wildman–Crippen MR) is 75.6 cm³/mol. The van der Waals surface area contributed by atoms with Crippen molar-refractivity contribution >= 4 is 11.6 Å². The molecule has 1 aliphatic carbocycles. The first kappa shape index (κ1) is 13.4. The van der Waals surface area contributed by atoms with E-state index in [4.69, 9.17) is 4.74 Å². The van der Waals surface area contributed by atoms with Crippen molar-refractivity contribution in [2.45, 2.75) is 31.9 Å². The minimum Gasteiger partial charge on any atom is -0.482 e. The number of hydrogen-bond acceptors (Lipinski definition) is 4. The van der Waals surface area contributed by atoms with Crippen molar-refractivity contribution < 1.29 is 14.6 Å². The monoisotopic (exact) mass is 276 g/mol. The topological polar surface area (TPSA) is 70.6 Å². The van der Waals surface area contributed by atoms with Crippen LogP contribution >= 0.6 is 0 Å². The molecule has 1 aromatic carbocycles. The van der Waals surface area contributed by atoms with E-state index in [9.17, 15) is 9.90 Å². The normalized spacial score (nSPS) is 24.9. The molecule has 2 unspecified atom stereocenters. The number of carbonyl (C=O) groups excluding carboxylic acids is 1. The highest BCUT2D eigenvalue weighted by molar-refractivity contribution is 5.95. The Morgan fingerprint density at radius 2 is 2.30 bits per heavy atom. The maximum Gasteiger partial charge on any atom is 0.262 e. The SMILES string of the molecule is O=C1COc2ccc(CNCC3CCCC3O)cc2N1. The first-order chi connectivity index (χ1) is 9.72. The second-order valence-corrected chi connectivity index (χ2v) is 5.56. The van der Waals surface area contributed by atoms with Crippen LogP contribution in [0.15, 0.2) is 18.2 Å². The van der Waals surface area contributed by atoms with Gasteiger partial charge in [0.15, 0.2) is 6.61 Å². The number of aliphatic hydroxyl groups excluding tert-OH is 1. The van der Waals surface area contributed by atoms with Crippen LogP contribution in [0.25, 0.3) is 0 Å². The molecule has 3 N–H and O–H groups in total. The molecule has 5 heteroatoms. The van der Waals surface area contributed by atoms with Gasteiger partial charge in [0.2, 0.25) is 0 Å². The molecule has 2 atom stereocenters. The largest absolute Gasteiger partial charge is 0.482 e. The maximum absolute atomic E-state index is 11.3. The second kappa shape index (κ2) is 5.81. The van der Waals surface area contributed by atoms with E-state index in [1.54, 1.807) is 0 Å². The summed E-state index contributed by atoms with van der Waals surface area (Å²) in [5.74, 6) is 0.979. The number of hydrogen-bond donors (Lipinski definition) is 3. The summed E-state index contributed by atoms with van der Waals surface area (Å²) in [6.45, 7) is 1.65. The molecule has 0 saturated heterocycles. The first-order valence-electron chi connectivity index (χ1n) is 7.17. The third kappa shape index (κ3) is 2.94. The van der Waals surface area contributed by atoms with Gasteiger partial charge in [0, 0.05) is 13.1 Å². The van der Waals surface area contributed by atoms with Crippen LogP contribution in [0.1, 0.15) is 24.8 Å². The summed E-state index contributed by atoms with van der Waals surface area (Å²) in [6, 6.07) is 5.81. The molecule has 0 bridgehead atoms. The number of aliphatic hydroxyl groups is 1. The number of fused-ring (bicyclic) bond motifs is 1. The molecular weight excluding hydrogens is 256 g/mol. The van der Waals surface area contributed by atoms with E-state index in [0.29, 0.717) is 5.92 Å². The number of nitrogens with one attached hydrogen (secondary N) is 2. The van der Waals surface area contributed by atoms with Crippen LogP contribution in [-0.2, 0) is 11.3 Å². The van der Waals surface area contributed by atoms with Crippen molar-refractivity contribution in [3.8, 4) is 5.75 Å². The molecule has 5 nitrogen and oxygen atoms in total. The molecule has 3 rings (SSSR count). The molecule has 0 spiro atoms. The Kier molecular flexibility index (Phi) is 3.89.